The Morgan fingerprint density at radius 1 is 1.43 bits per heavy atom. The standard InChI is InChI=1S/C10H11N3S/c1-2-4-11-8(3-1)9-7-13-5-6-14-10(13)12-9/h1-4,9H,5-7H2. The van der Waals surface area contributed by atoms with Gasteiger partial charge in [-0.25, -0.2) is 0 Å². The Balaban J connectivity index is 1.87. The van der Waals surface area contributed by atoms with Crippen molar-refractivity contribution in [2.24, 2.45) is 4.99 Å². The summed E-state index contributed by atoms with van der Waals surface area (Å²) in [6.45, 7) is 2.16. The van der Waals surface area contributed by atoms with Crippen LogP contribution in [-0.4, -0.2) is 33.9 Å². The van der Waals surface area contributed by atoms with Gasteiger partial charge in [-0.15, -0.1) is 0 Å². The van der Waals surface area contributed by atoms with Crippen LogP contribution in [0.5, 0.6) is 0 Å². The topological polar surface area (TPSA) is 28.5 Å². The van der Waals surface area contributed by atoms with Gasteiger partial charge in [-0.3, -0.25) is 9.98 Å². The highest BCUT2D eigenvalue weighted by molar-refractivity contribution is 8.14. The first kappa shape index (κ1) is 8.29. The first-order valence-corrected chi connectivity index (χ1v) is 5.78. The molecule has 0 aliphatic carbocycles. The number of hydrogen-bond acceptors (Lipinski definition) is 4. The summed E-state index contributed by atoms with van der Waals surface area (Å²) in [5.74, 6) is 1.19. The molecule has 14 heavy (non-hydrogen) atoms. The Morgan fingerprint density at radius 3 is 3.21 bits per heavy atom. The average Bonchev–Trinajstić information content (AvgIpc) is 2.78. The Hall–Kier alpha value is -1.03. The van der Waals surface area contributed by atoms with E-state index in [0.29, 0.717) is 0 Å². The van der Waals surface area contributed by atoms with E-state index in [9.17, 15) is 0 Å². The highest BCUT2D eigenvalue weighted by Gasteiger charge is 2.30. The molecule has 2 aliphatic heterocycles. The molecule has 3 heterocycles. The van der Waals surface area contributed by atoms with Gasteiger partial charge in [-0.2, -0.15) is 0 Å². The Labute approximate surface area is 87.2 Å². The van der Waals surface area contributed by atoms with Gasteiger partial charge in [0, 0.05) is 25.0 Å². The molecule has 72 valence electrons. The highest BCUT2D eigenvalue weighted by atomic mass is 32.2. The first-order valence-electron chi connectivity index (χ1n) is 4.80. The number of pyridine rings is 1. The van der Waals surface area contributed by atoms with Gasteiger partial charge >= 0.3 is 0 Å². The zero-order valence-corrected chi connectivity index (χ0v) is 8.57. The number of fused-ring (bicyclic) bond motifs is 1. The van der Waals surface area contributed by atoms with Crippen molar-refractivity contribution < 1.29 is 0 Å². The van der Waals surface area contributed by atoms with Gasteiger partial charge in [0.15, 0.2) is 5.17 Å². The third kappa shape index (κ3) is 1.30. The lowest BCUT2D eigenvalue weighted by Crippen LogP contribution is -2.22. The molecular weight excluding hydrogens is 194 g/mol. The fraction of sp³-hybridized carbons (Fsp3) is 0.400. The zero-order chi connectivity index (χ0) is 9.38. The quantitative estimate of drug-likeness (QED) is 0.696. The van der Waals surface area contributed by atoms with Crippen LogP contribution in [-0.2, 0) is 0 Å². The molecule has 1 fully saturated rings. The summed E-state index contributed by atoms with van der Waals surface area (Å²) in [6, 6.07) is 6.29. The van der Waals surface area contributed by atoms with Gasteiger partial charge in [0.25, 0.3) is 0 Å². The molecule has 1 saturated heterocycles. The summed E-state index contributed by atoms with van der Waals surface area (Å²) in [5, 5.41) is 1.21. The van der Waals surface area contributed by atoms with Gasteiger partial charge in [0.2, 0.25) is 0 Å². The summed E-state index contributed by atoms with van der Waals surface area (Å²) < 4.78 is 0. The smallest absolute Gasteiger partial charge is 0.160 e. The Kier molecular flexibility index (Phi) is 1.94. The molecule has 2 aliphatic rings. The van der Waals surface area contributed by atoms with Crippen molar-refractivity contribution >= 4 is 16.9 Å². The molecular formula is C10H11N3S. The van der Waals surface area contributed by atoms with Crippen LogP contribution in [0.4, 0.5) is 0 Å². The van der Waals surface area contributed by atoms with Crippen LogP contribution in [0.1, 0.15) is 11.7 Å². The number of amidine groups is 1. The molecule has 0 N–H and O–H groups in total. The van der Waals surface area contributed by atoms with Crippen LogP contribution >= 0.6 is 11.8 Å². The zero-order valence-electron chi connectivity index (χ0n) is 7.76. The highest BCUT2D eigenvalue weighted by Crippen LogP contribution is 2.30. The van der Waals surface area contributed by atoms with E-state index < -0.39 is 0 Å². The summed E-state index contributed by atoms with van der Waals surface area (Å²) in [6.07, 6.45) is 1.84. The molecule has 0 bridgehead atoms. The molecule has 1 atom stereocenters. The van der Waals surface area contributed by atoms with Crippen LogP contribution in [0.2, 0.25) is 0 Å². The van der Waals surface area contributed by atoms with Gasteiger partial charge in [-0.05, 0) is 12.1 Å². The molecule has 0 aromatic carbocycles. The number of hydrogen-bond donors (Lipinski definition) is 0. The molecule has 0 spiro atoms. The lowest BCUT2D eigenvalue weighted by Gasteiger charge is -2.11. The number of thioether (sulfide) groups is 1. The fourth-order valence-electron chi connectivity index (χ4n) is 1.84. The van der Waals surface area contributed by atoms with Crippen LogP contribution in [0.25, 0.3) is 0 Å². The Bertz CT molecular complexity index is 363. The summed E-state index contributed by atoms with van der Waals surface area (Å²) in [5.41, 5.74) is 1.09. The van der Waals surface area contributed by atoms with Gasteiger partial charge in [0.1, 0.15) is 6.04 Å². The lowest BCUT2D eigenvalue weighted by molar-refractivity contribution is 0.460. The van der Waals surface area contributed by atoms with E-state index in [1.807, 2.05) is 30.1 Å². The predicted molar refractivity (Wildman–Crippen MR) is 58.4 cm³/mol. The van der Waals surface area contributed by atoms with Gasteiger partial charge < -0.3 is 4.90 Å². The summed E-state index contributed by atoms with van der Waals surface area (Å²) in [7, 11) is 0. The molecule has 3 rings (SSSR count). The molecule has 0 saturated carbocycles. The molecule has 0 radical (unpaired) electrons. The molecule has 3 nitrogen and oxygen atoms in total. The largest absolute Gasteiger partial charge is 0.348 e. The van der Waals surface area contributed by atoms with E-state index in [4.69, 9.17) is 0 Å². The SMILES string of the molecule is c1ccc(C2CN3CCSC3=N2)nc1. The maximum atomic E-state index is 4.66. The van der Waals surface area contributed by atoms with E-state index >= 15 is 0 Å². The van der Waals surface area contributed by atoms with Crippen molar-refractivity contribution in [3.05, 3.63) is 30.1 Å². The van der Waals surface area contributed by atoms with Crippen molar-refractivity contribution in [1.29, 1.82) is 0 Å². The third-order valence-corrected chi connectivity index (χ3v) is 3.56. The maximum Gasteiger partial charge on any atom is 0.160 e. The summed E-state index contributed by atoms with van der Waals surface area (Å²) >= 11 is 1.86. The molecule has 1 aromatic rings. The van der Waals surface area contributed by atoms with Gasteiger partial charge in [0.05, 0.1) is 5.69 Å². The molecule has 0 amide bonds. The van der Waals surface area contributed by atoms with E-state index in [-0.39, 0.29) is 6.04 Å². The number of nitrogens with zero attached hydrogens (tertiary/aromatic N) is 3. The third-order valence-electron chi connectivity index (χ3n) is 2.55. The molecule has 4 heteroatoms. The first-order chi connectivity index (χ1) is 6.93. The van der Waals surface area contributed by atoms with E-state index in [2.05, 4.69) is 20.9 Å². The monoisotopic (exact) mass is 205 g/mol. The van der Waals surface area contributed by atoms with Crippen molar-refractivity contribution in [1.82, 2.24) is 9.88 Å². The van der Waals surface area contributed by atoms with E-state index in [1.165, 1.54) is 10.9 Å². The van der Waals surface area contributed by atoms with Crippen LogP contribution in [0, 0.1) is 0 Å². The minimum atomic E-state index is 0.263. The van der Waals surface area contributed by atoms with Crippen LogP contribution < -0.4 is 0 Å². The Morgan fingerprint density at radius 2 is 2.43 bits per heavy atom. The van der Waals surface area contributed by atoms with E-state index in [1.54, 1.807) is 0 Å². The second kappa shape index (κ2) is 3.28. The number of rotatable bonds is 1. The predicted octanol–water partition coefficient (Wildman–Crippen LogP) is 1.54. The maximum absolute atomic E-state index is 4.66. The summed E-state index contributed by atoms with van der Waals surface area (Å²) in [4.78, 5) is 11.4. The van der Waals surface area contributed by atoms with Crippen LogP contribution in [0.3, 0.4) is 0 Å². The van der Waals surface area contributed by atoms with Crippen LogP contribution in [0.15, 0.2) is 29.4 Å². The second-order valence-corrected chi connectivity index (χ2v) is 4.54. The molecule has 1 unspecified atom stereocenters. The fourth-order valence-corrected chi connectivity index (χ4v) is 2.88. The van der Waals surface area contributed by atoms with E-state index in [0.717, 1.165) is 18.8 Å². The second-order valence-electron chi connectivity index (χ2n) is 3.48. The van der Waals surface area contributed by atoms with Crippen molar-refractivity contribution in [3.8, 4) is 0 Å². The van der Waals surface area contributed by atoms with Crippen molar-refractivity contribution in [2.75, 3.05) is 18.8 Å². The van der Waals surface area contributed by atoms with Crippen molar-refractivity contribution in [3.63, 3.8) is 0 Å². The molecule has 1 aromatic heterocycles. The average molecular weight is 205 g/mol. The lowest BCUT2D eigenvalue weighted by atomic mass is 10.2. The number of aliphatic imine (C=N–C) groups is 1. The van der Waals surface area contributed by atoms with Gasteiger partial charge in [-0.1, -0.05) is 17.8 Å². The minimum absolute atomic E-state index is 0.263. The normalized spacial score (nSPS) is 25.0. The van der Waals surface area contributed by atoms with Crippen molar-refractivity contribution in [2.45, 2.75) is 6.04 Å². The number of aromatic nitrogens is 1. The minimum Gasteiger partial charge on any atom is -0.348 e.